The number of hydrogen-bond donors (Lipinski definition) is 2. The third-order valence-corrected chi connectivity index (χ3v) is 6.05. The van der Waals surface area contributed by atoms with Gasteiger partial charge in [-0.05, 0) is 80.3 Å². The zero-order chi connectivity index (χ0) is 19.5. The molecule has 2 aliphatic carbocycles. The first-order chi connectivity index (χ1) is 13.6. The minimum atomic E-state index is -0.312. The maximum absolute atomic E-state index is 12.2. The van der Waals surface area contributed by atoms with Gasteiger partial charge in [0, 0.05) is 11.7 Å². The van der Waals surface area contributed by atoms with Crippen molar-refractivity contribution in [2.45, 2.75) is 38.6 Å². The van der Waals surface area contributed by atoms with Gasteiger partial charge in [0.15, 0.2) is 12.4 Å². The van der Waals surface area contributed by atoms with Crippen LogP contribution in [0.5, 0.6) is 5.75 Å². The van der Waals surface area contributed by atoms with E-state index in [9.17, 15) is 9.59 Å². The number of fused-ring (bicyclic) bond motifs is 2. The van der Waals surface area contributed by atoms with E-state index in [4.69, 9.17) is 9.15 Å². The number of hydrogen-bond acceptors (Lipinski definition) is 4. The van der Waals surface area contributed by atoms with Crippen LogP contribution in [-0.4, -0.2) is 24.5 Å². The predicted molar refractivity (Wildman–Crippen MR) is 105 cm³/mol. The van der Waals surface area contributed by atoms with Crippen molar-refractivity contribution in [2.24, 2.45) is 17.8 Å². The molecule has 6 nitrogen and oxygen atoms in total. The number of carbonyl (C=O) groups excluding carboxylic acids is 2. The van der Waals surface area contributed by atoms with Crippen molar-refractivity contribution < 1.29 is 18.7 Å². The normalized spacial score (nSPS) is 24.0. The maximum atomic E-state index is 12.2. The van der Waals surface area contributed by atoms with Gasteiger partial charge in [-0.1, -0.05) is 6.42 Å². The molecule has 4 unspecified atom stereocenters. The minimum absolute atomic E-state index is 0.0107. The Morgan fingerprint density at radius 3 is 2.64 bits per heavy atom. The molecule has 148 valence electrons. The standard InChI is InChI=1S/C22H26N2O4/c1-14(19-12-15-4-5-16(19)11-15)23-21(25)13-28-18-8-6-17(7-9-18)24-22(26)20-3-2-10-27-20/h2-3,6-10,14-16,19H,4-5,11-13H2,1H3,(H,23,25)(H,24,26). The molecule has 6 heteroatoms. The molecule has 4 atom stereocenters. The zero-order valence-corrected chi connectivity index (χ0v) is 16.0. The molecule has 1 aromatic carbocycles. The summed E-state index contributed by atoms with van der Waals surface area (Å²) in [5.74, 6) is 2.70. The summed E-state index contributed by atoms with van der Waals surface area (Å²) in [6, 6.07) is 10.4. The Labute approximate surface area is 164 Å². The van der Waals surface area contributed by atoms with Crippen molar-refractivity contribution in [2.75, 3.05) is 11.9 Å². The Morgan fingerprint density at radius 1 is 1.18 bits per heavy atom. The van der Waals surface area contributed by atoms with E-state index in [1.165, 1.54) is 31.9 Å². The summed E-state index contributed by atoms with van der Waals surface area (Å²) in [7, 11) is 0. The number of rotatable bonds is 7. The van der Waals surface area contributed by atoms with E-state index in [0.29, 0.717) is 17.4 Å². The van der Waals surface area contributed by atoms with Gasteiger partial charge < -0.3 is 19.8 Å². The third-order valence-electron chi connectivity index (χ3n) is 6.05. The smallest absolute Gasteiger partial charge is 0.291 e. The van der Waals surface area contributed by atoms with Gasteiger partial charge in [-0.15, -0.1) is 0 Å². The zero-order valence-electron chi connectivity index (χ0n) is 16.0. The molecule has 2 N–H and O–H groups in total. The Bertz CT molecular complexity index is 816. The molecule has 1 heterocycles. The summed E-state index contributed by atoms with van der Waals surface area (Å²) in [6.07, 6.45) is 6.72. The molecule has 2 aliphatic rings. The van der Waals surface area contributed by atoms with Crippen LogP contribution in [0, 0.1) is 17.8 Å². The van der Waals surface area contributed by atoms with Gasteiger partial charge in [0.1, 0.15) is 5.75 Å². The lowest BCUT2D eigenvalue weighted by atomic mass is 9.84. The Hall–Kier alpha value is -2.76. The van der Waals surface area contributed by atoms with Crippen molar-refractivity contribution in [1.82, 2.24) is 5.32 Å². The van der Waals surface area contributed by atoms with Gasteiger partial charge in [-0.25, -0.2) is 0 Å². The van der Waals surface area contributed by atoms with Gasteiger partial charge in [-0.3, -0.25) is 9.59 Å². The molecule has 2 fully saturated rings. The average Bonchev–Trinajstić information content (AvgIpc) is 3.45. The molecule has 0 radical (unpaired) electrons. The van der Waals surface area contributed by atoms with E-state index < -0.39 is 0 Å². The average molecular weight is 382 g/mol. The van der Waals surface area contributed by atoms with Crippen LogP contribution in [0.25, 0.3) is 0 Å². The first-order valence-corrected chi connectivity index (χ1v) is 9.95. The minimum Gasteiger partial charge on any atom is -0.484 e. The highest BCUT2D eigenvalue weighted by Crippen LogP contribution is 2.49. The van der Waals surface area contributed by atoms with E-state index in [-0.39, 0.29) is 30.2 Å². The largest absolute Gasteiger partial charge is 0.484 e. The van der Waals surface area contributed by atoms with Gasteiger partial charge in [0.25, 0.3) is 11.8 Å². The predicted octanol–water partition coefficient (Wildman–Crippen LogP) is 3.85. The first kappa shape index (κ1) is 18.6. The summed E-state index contributed by atoms with van der Waals surface area (Å²) in [5.41, 5.74) is 0.628. The molecule has 2 aromatic rings. The highest BCUT2D eigenvalue weighted by molar-refractivity contribution is 6.02. The molecule has 0 aliphatic heterocycles. The lowest BCUT2D eigenvalue weighted by Gasteiger charge is -2.28. The summed E-state index contributed by atoms with van der Waals surface area (Å²) < 4.78 is 10.6. The highest BCUT2D eigenvalue weighted by atomic mass is 16.5. The molecule has 0 saturated heterocycles. The summed E-state index contributed by atoms with van der Waals surface area (Å²) >= 11 is 0. The fourth-order valence-electron chi connectivity index (χ4n) is 4.69. The molecule has 1 aromatic heterocycles. The van der Waals surface area contributed by atoms with Crippen LogP contribution in [0.1, 0.15) is 43.2 Å². The van der Waals surface area contributed by atoms with Gasteiger partial charge in [-0.2, -0.15) is 0 Å². The van der Waals surface area contributed by atoms with Crippen molar-refractivity contribution >= 4 is 17.5 Å². The van der Waals surface area contributed by atoms with Gasteiger partial charge in [0.05, 0.1) is 6.26 Å². The number of anilines is 1. The monoisotopic (exact) mass is 382 g/mol. The lowest BCUT2D eigenvalue weighted by molar-refractivity contribution is -0.124. The number of carbonyl (C=O) groups is 2. The second-order valence-corrected chi connectivity index (χ2v) is 7.94. The molecule has 0 spiro atoms. The molecular weight excluding hydrogens is 356 g/mol. The molecule has 4 rings (SSSR count). The SMILES string of the molecule is CC(NC(=O)COc1ccc(NC(=O)c2ccco2)cc1)C1CC2CCC1C2. The topological polar surface area (TPSA) is 80.6 Å². The van der Waals surface area contributed by atoms with Crippen LogP contribution in [0.2, 0.25) is 0 Å². The first-order valence-electron chi connectivity index (χ1n) is 9.95. The molecule has 2 amide bonds. The molecule has 28 heavy (non-hydrogen) atoms. The van der Waals surface area contributed by atoms with Crippen LogP contribution in [0.4, 0.5) is 5.69 Å². The van der Waals surface area contributed by atoms with Crippen LogP contribution >= 0.6 is 0 Å². The number of furan rings is 1. The van der Waals surface area contributed by atoms with E-state index in [1.807, 2.05) is 0 Å². The Balaban J connectivity index is 1.22. The van der Waals surface area contributed by atoms with Gasteiger partial charge >= 0.3 is 0 Å². The summed E-state index contributed by atoms with van der Waals surface area (Å²) in [4.78, 5) is 24.2. The lowest BCUT2D eigenvalue weighted by Crippen LogP contribution is -2.42. The van der Waals surface area contributed by atoms with E-state index in [1.54, 1.807) is 36.4 Å². The second-order valence-electron chi connectivity index (χ2n) is 7.94. The van der Waals surface area contributed by atoms with E-state index in [2.05, 4.69) is 17.6 Å². The van der Waals surface area contributed by atoms with Crippen LogP contribution in [0.15, 0.2) is 47.1 Å². The fraction of sp³-hybridized carbons (Fsp3) is 0.455. The van der Waals surface area contributed by atoms with Crippen LogP contribution < -0.4 is 15.4 Å². The quantitative estimate of drug-likeness (QED) is 0.762. The number of nitrogens with one attached hydrogen (secondary N) is 2. The number of benzene rings is 1. The third kappa shape index (κ3) is 4.21. The second kappa shape index (κ2) is 8.09. The molecule has 2 saturated carbocycles. The number of amides is 2. The van der Waals surface area contributed by atoms with Crippen molar-refractivity contribution in [3.63, 3.8) is 0 Å². The fourth-order valence-corrected chi connectivity index (χ4v) is 4.69. The highest BCUT2D eigenvalue weighted by Gasteiger charge is 2.42. The summed E-state index contributed by atoms with van der Waals surface area (Å²) in [6.45, 7) is 2.10. The van der Waals surface area contributed by atoms with E-state index >= 15 is 0 Å². The van der Waals surface area contributed by atoms with Crippen molar-refractivity contribution in [3.8, 4) is 5.75 Å². The maximum Gasteiger partial charge on any atom is 0.291 e. The van der Waals surface area contributed by atoms with Crippen molar-refractivity contribution in [3.05, 3.63) is 48.4 Å². The van der Waals surface area contributed by atoms with Crippen molar-refractivity contribution in [1.29, 1.82) is 0 Å². The van der Waals surface area contributed by atoms with Gasteiger partial charge in [0.2, 0.25) is 0 Å². The Morgan fingerprint density at radius 2 is 2.00 bits per heavy atom. The molecular formula is C22H26N2O4. The Kier molecular flexibility index (Phi) is 5.37. The summed E-state index contributed by atoms with van der Waals surface area (Å²) in [5, 5.41) is 5.84. The van der Waals surface area contributed by atoms with E-state index in [0.717, 1.165) is 11.8 Å². The molecule has 2 bridgehead atoms. The van der Waals surface area contributed by atoms with Crippen LogP contribution in [-0.2, 0) is 4.79 Å². The number of ether oxygens (including phenoxy) is 1. The van der Waals surface area contributed by atoms with Crippen LogP contribution in [0.3, 0.4) is 0 Å².